The molecule has 1 fully saturated rings. The SMILES string of the molecule is CCCCCCCC/C=C/CC/C=C/C(O)C(COC1OC(CO)C(O)C(O)C1O)NC(=O)CCCCCCCCC/C=C\CCCCCCCCC. The average molecular weight is 752 g/mol. The van der Waals surface area contributed by atoms with Gasteiger partial charge >= 0.3 is 0 Å². The monoisotopic (exact) mass is 752 g/mol. The minimum Gasteiger partial charge on any atom is -0.394 e. The van der Waals surface area contributed by atoms with E-state index in [0.717, 1.165) is 51.4 Å². The van der Waals surface area contributed by atoms with Gasteiger partial charge in [0.05, 0.1) is 25.4 Å². The van der Waals surface area contributed by atoms with Gasteiger partial charge < -0.3 is 40.3 Å². The van der Waals surface area contributed by atoms with E-state index in [1.807, 2.05) is 6.08 Å². The minimum absolute atomic E-state index is 0.194. The smallest absolute Gasteiger partial charge is 0.220 e. The molecule has 9 nitrogen and oxygen atoms in total. The highest BCUT2D eigenvalue weighted by Gasteiger charge is 2.44. The maximum absolute atomic E-state index is 12.9. The Bertz CT molecular complexity index is 925. The molecule has 6 N–H and O–H groups in total. The predicted octanol–water partition coefficient (Wildman–Crippen LogP) is 8.50. The first-order chi connectivity index (χ1) is 25.8. The molecule has 1 heterocycles. The van der Waals surface area contributed by atoms with E-state index in [1.54, 1.807) is 6.08 Å². The summed E-state index contributed by atoms with van der Waals surface area (Å²) in [5.41, 5.74) is 0. The van der Waals surface area contributed by atoms with Crippen molar-refractivity contribution in [2.45, 2.75) is 224 Å². The highest BCUT2D eigenvalue weighted by atomic mass is 16.7. The molecule has 0 bridgehead atoms. The first-order valence-electron chi connectivity index (χ1n) is 21.7. The van der Waals surface area contributed by atoms with Crippen LogP contribution in [0.1, 0.15) is 181 Å². The first kappa shape index (κ1) is 49.4. The number of ether oxygens (including phenoxy) is 2. The highest BCUT2D eigenvalue weighted by molar-refractivity contribution is 5.76. The number of rotatable bonds is 35. The van der Waals surface area contributed by atoms with E-state index in [1.165, 1.54) is 109 Å². The Kier molecular flexibility index (Phi) is 32.5. The summed E-state index contributed by atoms with van der Waals surface area (Å²) in [4.78, 5) is 12.9. The third-order valence-electron chi connectivity index (χ3n) is 10.2. The second kappa shape index (κ2) is 34.9. The summed E-state index contributed by atoms with van der Waals surface area (Å²) in [5, 5.41) is 54.0. The third kappa shape index (κ3) is 26.0. The van der Waals surface area contributed by atoms with Crippen molar-refractivity contribution in [1.82, 2.24) is 5.32 Å². The van der Waals surface area contributed by atoms with Crippen molar-refractivity contribution in [2.24, 2.45) is 0 Å². The molecule has 53 heavy (non-hydrogen) atoms. The van der Waals surface area contributed by atoms with Crippen LogP contribution in [0.15, 0.2) is 36.5 Å². The fraction of sp³-hybridized carbons (Fsp3) is 0.841. The highest BCUT2D eigenvalue weighted by Crippen LogP contribution is 2.22. The van der Waals surface area contributed by atoms with Gasteiger partial charge in [0.2, 0.25) is 5.91 Å². The summed E-state index contributed by atoms with van der Waals surface area (Å²) in [7, 11) is 0. The van der Waals surface area contributed by atoms with Crippen molar-refractivity contribution in [2.75, 3.05) is 13.2 Å². The molecule has 0 saturated carbocycles. The lowest BCUT2D eigenvalue weighted by Gasteiger charge is -2.40. The predicted molar refractivity (Wildman–Crippen MR) is 216 cm³/mol. The quantitative estimate of drug-likeness (QED) is 0.0279. The molecule has 0 spiro atoms. The van der Waals surface area contributed by atoms with E-state index in [0.29, 0.717) is 6.42 Å². The molecule has 1 rings (SSSR count). The number of carbonyl (C=O) groups is 1. The van der Waals surface area contributed by atoms with Crippen molar-refractivity contribution in [3.05, 3.63) is 36.5 Å². The molecule has 0 aromatic heterocycles. The standard InChI is InChI=1S/C44H81NO8/c1-3-5-7-9-11-13-15-17-18-19-20-21-22-24-26-28-30-32-34-40(48)45-37(36-52-44-43(51)42(50)41(49)39(35-46)53-44)38(47)33-31-29-27-25-23-16-14-12-10-8-6-4-2/h18-19,23,25,31,33,37-39,41-44,46-47,49-51H,3-17,20-22,24,26-30,32,34-36H2,1-2H3,(H,45,48)/b19-18-,25-23+,33-31+. The Morgan fingerprint density at radius 3 is 1.58 bits per heavy atom. The molecule has 1 saturated heterocycles. The number of nitrogens with one attached hydrogen (secondary N) is 1. The Labute approximate surface area is 323 Å². The van der Waals surface area contributed by atoms with Crippen molar-refractivity contribution >= 4 is 5.91 Å². The second-order valence-corrected chi connectivity index (χ2v) is 15.1. The fourth-order valence-corrected chi connectivity index (χ4v) is 6.64. The molecule has 7 unspecified atom stereocenters. The van der Waals surface area contributed by atoms with Crippen LogP contribution in [0.2, 0.25) is 0 Å². The lowest BCUT2D eigenvalue weighted by molar-refractivity contribution is -0.302. The van der Waals surface area contributed by atoms with Gasteiger partial charge in [-0.05, 0) is 57.8 Å². The van der Waals surface area contributed by atoms with Gasteiger partial charge in [0.25, 0.3) is 0 Å². The van der Waals surface area contributed by atoms with Crippen LogP contribution < -0.4 is 5.32 Å². The van der Waals surface area contributed by atoms with E-state index in [-0.39, 0.29) is 12.5 Å². The minimum atomic E-state index is -1.57. The van der Waals surface area contributed by atoms with Gasteiger partial charge in [0, 0.05) is 6.42 Å². The molecule has 0 aromatic rings. The number of hydrogen-bond acceptors (Lipinski definition) is 8. The number of amides is 1. The van der Waals surface area contributed by atoms with Gasteiger partial charge in [-0.15, -0.1) is 0 Å². The Morgan fingerprint density at radius 2 is 1.08 bits per heavy atom. The first-order valence-corrected chi connectivity index (χ1v) is 21.7. The molecule has 1 aliphatic heterocycles. The molecular formula is C44H81NO8. The van der Waals surface area contributed by atoms with Crippen molar-refractivity contribution < 1.29 is 39.8 Å². The fourth-order valence-electron chi connectivity index (χ4n) is 6.64. The van der Waals surface area contributed by atoms with Crippen LogP contribution in [0.3, 0.4) is 0 Å². The zero-order valence-corrected chi connectivity index (χ0v) is 33.8. The third-order valence-corrected chi connectivity index (χ3v) is 10.2. The largest absolute Gasteiger partial charge is 0.394 e. The van der Waals surface area contributed by atoms with Gasteiger partial charge in [-0.25, -0.2) is 0 Å². The van der Waals surface area contributed by atoms with Gasteiger partial charge in [-0.1, -0.05) is 153 Å². The number of hydrogen-bond donors (Lipinski definition) is 6. The van der Waals surface area contributed by atoms with Gasteiger partial charge in [0.15, 0.2) is 6.29 Å². The number of unbranched alkanes of at least 4 members (excludes halogenated alkanes) is 21. The Hall–Kier alpha value is -1.59. The molecule has 1 amide bonds. The molecule has 1 aliphatic rings. The summed E-state index contributed by atoms with van der Waals surface area (Å²) in [6, 6.07) is -0.820. The summed E-state index contributed by atoms with van der Waals surface area (Å²) < 4.78 is 11.2. The van der Waals surface area contributed by atoms with Crippen LogP contribution >= 0.6 is 0 Å². The molecule has 310 valence electrons. The van der Waals surface area contributed by atoms with Crippen molar-refractivity contribution in [3.63, 3.8) is 0 Å². The maximum Gasteiger partial charge on any atom is 0.220 e. The Morgan fingerprint density at radius 1 is 0.623 bits per heavy atom. The number of aliphatic hydroxyl groups is 5. The lowest BCUT2D eigenvalue weighted by Crippen LogP contribution is -2.60. The summed E-state index contributed by atoms with van der Waals surface area (Å²) in [6.07, 6.45) is 34.7. The summed E-state index contributed by atoms with van der Waals surface area (Å²) >= 11 is 0. The zero-order chi connectivity index (χ0) is 38.8. The second-order valence-electron chi connectivity index (χ2n) is 15.1. The van der Waals surface area contributed by atoms with Gasteiger partial charge in [-0.2, -0.15) is 0 Å². The topological polar surface area (TPSA) is 149 Å². The van der Waals surface area contributed by atoms with E-state index in [9.17, 15) is 30.3 Å². The van der Waals surface area contributed by atoms with Crippen LogP contribution in [0.4, 0.5) is 0 Å². The molecule has 7 atom stereocenters. The number of carbonyl (C=O) groups excluding carboxylic acids is 1. The summed E-state index contributed by atoms with van der Waals surface area (Å²) in [6.45, 7) is 3.72. The molecular weight excluding hydrogens is 670 g/mol. The van der Waals surface area contributed by atoms with E-state index < -0.39 is 49.5 Å². The maximum atomic E-state index is 12.9. The zero-order valence-electron chi connectivity index (χ0n) is 33.8. The van der Waals surface area contributed by atoms with Crippen molar-refractivity contribution in [3.8, 4) is 0 Å². The van der Waals surface area contributed by atoms with Crippen molar-refractivity contribution in [1.29, 1.82) is 0 Å². The normalized spacial score (nSPS) is 22.0. The lowest BCUT2D eigenvalue weighted by atomic mass is 9.99. The van der Waals surface area contributed by atoms with Gasteiger partial charge in [-0.3, -0.25) is 4.79 Å². The Balaban J connectivity index is 2.39. The van der Waals surface area contributed by atoms with Crippen LogP contribution in [0.25, 0.3) is 0 Å². The summed E-state index contributed by atoms with van der Waals surface area (Å²) in [5.74, 6) is -0.194. The van der Waals surface area contributed by atoms with Crippen LogP contribution in [-0.2, 0) is 14.3 Å². The molecule has 0 aliphatic carbocycles. The molecule has 0 radical (unpaired) electrons. The van der Waals surface area contributed by atoms with E-state index in [2.05, 4.69) is 43.5 Å². The molecule has 0 aromatic carbocycles. The van der Waals surface area contributed by atoms with Crippen LogP contribution in [0.5, 0.6) is 0 Å². The van der Waals surface area contributed by atoms with E-state index >= 15 is 0 Å². The number of allylic oxidation sites excluding steroid dienone is 5. The van der Waals surface area contributed by atoms with Gasteiger partial charge in [0.1, 0.15) is 24.4 Å². The van der Waals surface area contributed by atoms with Crippen LogP contribution in [0, 0.1) is 0 Å². The van der Waals surface area contributed by atoms with E-state index in [4.69, 9.17) is 9.47 Å². The van der Waals surface area contributed by atoms with Crippen LogP contribution in [-0.4, -0.2) is 87.5 Å². The average Bonchev–Trinajstić information content (AvgIpc) is 3.16. The number of aliphatic hydroxyl groups excluding tert-OH is 5. The molecule has 9 heteroatoms.